The summed E-state index contributed by atoms with van der Waals surface area (Å²) < 4.78 is 34.0. The molecule has 0 unspecified atom stereocenters. The Morgan fingerprint density at radius 3 is 2.79 bits per heavy atom. The molecule has 1 heterocycles. The number of H-pyrrole nitrogens is 1. The average molecular weight is 235 g/mol. The molecule has 1 aromatic carbocycles. The Labute approximate surface area is 83.9 Å². The van der Waals surface area contributed by atoms with Gasteiger partial charge in [0.05, 0.1) is 5.52 Å². The zero-order chi connectivity index (χ0) is 10.3. The van der Waals surface area contributed by atoms with Crippen LogP contribution < -0.4 is 0 Å². The van der Waals surface area contributed by atoms with Gasteiger partial charge in [0.15, 0.2) is 5.03 Å². The third kappa shape index (κ3) is 1.46. The molecule has 0 amide bonds. The van der Waals surface area contributed by atoms with Gasteiger partial charge in [-0.2, -0.15) is 13.5 Å². The highest BCUT2D eigenvalue weighted by atomic mass is 35.5. The molecule has 0 radical (unpaired) electrons. The Balaban J connectivity index is 2.87. The highest BCUT2D eigenvalue weighted by molar-refractivity contribution is 7.86. The lowest BCUT2D eigenvalue weighted by atomic mass is 10.3. The van der Waals surface area contributed by atoms with E-state index in [1.807, 2.05) is 0 Å². The molecule has 74 valence electrons. The van der Waals surface area contributed by atoms with Crippen LogP contribution in [-0.2, 0) is 10.2 Å². The highest BCUT2D eigenvalue weighted by Gasteiger charge is 2.18. The zero-order valence-corrected chi connectivity index (χ0v) is 8.23. The predicted molar refractivity (Wildman–Crippen MR) is 49.4 cm³/mol. The van der Waals surface area contributed by atoms with Crippen LogP contribution in [0, 0.1) is 0 Å². The molecule has 0 aliphatic carbocycles. The van der Waals surface area contributed by atoms with Crippen molar-refractivity contribution in [1.29, 1.82) is 0 Å². The largest absolute Gasteiger partial charge is 0.349 e. The van der Waals surface area contributed by atoms with Crippen molar-refractivity contribution in [2.45, 2.75) is 5.03 Å². The molecule has 0 saturated carbocycles. The molecular formula is C7H4ClFN2O2S. The first-order valence-corrected chi connectivity index (χ1v) is 5.33. The van der Waals surface area contributed by atoms with Gasteiger partial charge in [-0.25, -0.2) is 0 Å². The second-order valence-corrected chi connectivity index (χ2v) is 4.37. The number of aromatic amines is 1. The maximum absolute atomic E-state index is 12.7. The van der Waals surface area contributed by atoms with Crippen molar-refractivity contribution in [2.75, 3.05) is 0 Å². The summed E-state index contributed by atoms with van der Waals surface area (Å²) in [6.07, 6.45) is 0. The van der Waals surface area contributed by atoms with Gasteiger partial charge in [0.2, 0.25) is 0 Å². The van der Waals surface area contributed by atoms with E-state index in [0.29, 0.717) is 10.5 Å². The lowest BCUT2D eigenvalue weighted by molar-refractivity contribution is 0.548. The molecule has 0 saturated heterocycles. The van der Waals surface area contributed by atoms with E-state index in [1.54, 1.807) is 6.07 Å². The van der Waals surface area contributed by atoms with Gasteiger partial charge < -0.3 is 0 Å². The fourth-order valence-corrected chi connectivity index (χ4v) is 1.90. The number of nitrogens with zero attached hydrogens (tertiary/aromatic N) is 1. The van der Waals surface area contributed by atoms with Crippen molar-refractivity contribution in [3.05, 3.63) is 23.2 Å². The summed E-state index contributed by atoms with van der Waals surface area (Å²) in [5.74, 6) is 0. The van der Waals surface area contributed by atoms with E-state index in [2.05, 4.69) is 10.2 Å². The zero-order valence-electron chi connectivity index (χ0n) is 6.66. The molecule has 0 atom stereocenters. The summed E-state index contributed by atoms with van der Waals surface area (Å²) in [7, 11) is -4.78. The maximum atomic E-state index is 12.7. The molecule has 0 fully saturated rings. The summed E-state index contributed by atoms with van der Waals surface area (Å²) in [6.45, 7) is 0. The molecular weight excluding hydrogens is 231 g/mol. The minimum atomic E-state index is -4.78. The van der Waals surface area contributed by atoms with Gasteiger partial charge in [0.1, 0.15) is 0 Å². The molecule has 2 rings (SSSR count). The topological polar surface area (TPSA) is 62.8 Å². The SMILES string of the molecule is O=S(=O)(F)c1[nH]nc2ccc(Cl)cc12. The van der Waals surface area contributed by atoms with Crippen molar-refractivity contribution in [1.82, 2.24) is 10.2 Å². The monoisotopic (exact) mass is 234 g/mol. The molecule has 7 heteroatoms. The number of halogens is 2. The van der Waals surface area contributed by atoms with Gasteiger partial charge in [-0.15, -0.1) is 0 Å². The van der Waals surface area contributed by atoms with Crippen molar-refractivity contribution in [2.24, 2.45) is 0 Å². The van der Waals surface area contributed by atoms with Gasteiger partial charge in [-0.1, -0.05) is 15.5 Å². The summed E-state index contributed by atoms with van der Waals surface area (Å²) >= 11 is 5.64. The summed E-state index contributed by atoms with van der Waals surface area (Å²) in [6, 6.07) is 4.38. The smallest absolute Gasteiger partial charge is 0.264 e. The number of nitrogens with one attached hydrogen (secondary N) is 1. The number of hydrogen-bond donors (Lipinski definition) is 1. The number of hydrogen-bond acceptors (Lipinski definition) is 3. The van der Waals surface area contributed by atoms with Gasteiger partial charge in [0.25, 0.3) is 0 Å². The minimum absolute atomic E-state index is 0.153. The van der Waals surface area contributed by atoms with Crippen molar-refractivity contribution >= 4 is 32.7 Å². The minimum Gasteiger partial charge on any atom is -0.264 e. The lowest BCUT2D eigenvalue weighted by Crippen LogP contribution is -1.92. The van der Waals surface area contributed by atoms with E-state index in [9.17, 15) is 12.3 Å². The van der Waals surface area contributed by atoms with Crippen molar-refractivity contribution in [3.63, 3.8) is 0 Å². The number of rotatable bonds is 1. The number of benzene rings is 1. The summed E-state index contributed by atoms with van der Waals surface area (Å²) in [5.41, 5.74) is 0.352. The third-order valence-electron chi connectivity index (χ3n) is 1.72. The molecule has 1 N–H and O–H groups in total. The molecule has 4 nitrogen and oxygen atoms in total. The predicted octanol–water partition coefficient (Wildman–Crippen LogP) is 1.87. The standard InChI is InChI=1S/C7H4ClFN2O2S/c8-4-1-2-6-5(3-4)7(11-10-6)14(9,12)13/h1-3H,(H,10,11). The van der Waals surface area contributed by atoms with E-state index in [0.717, 1.165) is 0 Å². The fraction of sp³-hybridized carbons (Fsp3) is 0. The Kier molecular flexibility index (Phi) is 1.97. The van der Waals surface area contributed by atoms with E-state index in [1.165, 1.54) is 12.1 Å². The quantitative estimate of drug-likeness (QED) is 0.767. The molecule has 0 aliphatic heterocycles. The van der Waals surface area contributed by atoms with E-state index >= 15 is 0 Å². The van der Waals surface area contributed by atoms with Gasteiger partial charge >= 0.3 is 10.2 Å². The van der Waals surface area contributed by atoms with E-state index in [-0.39, 0.29) is 5.39 Å². The van der Waals surface area contributed by atoms with Crippen LogP contribution >= 0.6 is 11.6 Å². The molecule has 0 aliphatic rings. The van der Waals surface area contributed by atoms with Crippen LogP contribution in [0.25, 0.3) is 10.9 Å². The van der Waals surface area contributed by atoms with Gasteiger partial charge in [0, 0.05) is 10.4 Å². The fourth-order valence-electron chi connectivity index (χ4n) is 1.14. The van der Waals surface area contributed by atoms with Crippen molar-refractivity contribution < 1.29 is 12.3 Å². The molecule has 2 aromatic rings. The van der Waals surface area contributed by atoms with Gasteiger partial charge in [-0.05, 0) is 18.2 Å². The average Bonchev–Trinajstić information content (AvgIpc) is 2.45. The highest BCUT2D eigenvalue weighted by Crippen LogP contribution is 2.24. The van der Waals surface area contributed by atoms with Crippen LogP contribution in [-0.4, -0.2) is 18.6 Å². The van der Waals surface area contributed by atoms with Crippen molar-refractivity contribution in [3.8, 4) is 0 Å². The van der Waals surface area contributed by atoms with Crippen LogP contribution in [0.2, 0.25) is 5.02 Å². The van der Waals surface area contributed by atoms with Crippen LogP contribution in [0.4, 0.5) is 3.89 Å². The molecule has 0 bridgehead atoms. The molecule has 1 aromatic heterocycles. The first kappa shape index (κ1) is 9.42. The Hall–Kier alpha value is -1.14. The number of aromatic nitrogens is 2. The second-order valence-electron chi connectivity index (χ2n) is 2.65. The molecule has 0 spiro atoms. The van der Waals surface area contributed by atoms with Crippen LogP contribution in [0.5, 0.6) is 0 Å². The van der Waals surface area contributed by atoms with Crippen LogP contribution in [0.3, 0.4) is 0 Å². The van der Waals surface area contributed by atoms with Gasteiger partial charge in [-0.3, -0.25) is 5.10 Å². The van der Waals surface area contributed by atoms with Crippen LogP contribution in [0.1, 0.15) is 0 Å². The number of fused-ring (bicyclic) bond motifs is 1. The summed E-state index contributed by atoms with van der Waals surface area (Å²) in [4.78, 5) is 0. The first-order chi connectivity index (χ1) is 6.48. The van der Waals surface area contributed by atoms with E-state index < -0.39 is 15.2 Å². The normalized spacial score (nSPS) is 12.1. The Bertz CT molecular complexity index is 593. The first-order valence-electron chi connectivity index (χ1n) is 3.57. The third-order valence-corrected chi connectivity index (χ3v) is 2.76. The van der Waals surface area contributed by atoms with Crippen LogP contribution in [0.15, 0.2) is 23.2 Å². The van der Waals surface area contributed by atoms with E-state index in [4.69, 9.17) is 11.6 Å². The lowest BCUT2D eigenvalue weighted by Gasteiger charge is -1.91. The Morgan fingerprint density at radius 2 is 2.14 bits per heavy atom. The summed E-state index contributed by atoms with van der Waals surface area (Å²) in [5, 5.41) is 5.65. The molecule has 14 heavy (non-hydrogen) atoms. The maximum Gasteiger partial charge on any atom is 0.349 e. The Morgan fingerprint density at radius 1 is 1.43 bits per heavy atom. The second kappa shape index (κ2) is 2.93.